The molecule has 1 aliphatic heterocycles. The molecule has 3 rings (SSSR count). The summed E-state index contributed by atoms with van der Waals surface area (Å²) < 4.78 is 5.03. The second-order valence-electron chi connectivity index (χ2n) is 4.61. The van der Waals surface area contributed by atoms with Gasteiger partial charge in [-0.05, 0) is 19.0 Å². The monoisotopic (exact) mass is 349 g/mol. The van der Waals surface area contributed by atoms with E-state index in [1.54, 1.807) is 17.4 Å². The van der Waals surface area contributed by atoms with Crippen molar-refractivity contribution >= 4 is 42.1 Å². The lowest BCUT2D eigenvalue weighted by molar-refractivity contribution is 0.0739. The van der Waals surface area contributed by atoms with Crippen molar-refractivity contribution in [2.24, 2.45) is 0 Å². The molecule has 1 N–H and O–H groups in total. The van der Waals surface area contributed by atoms with Crippen molar-refractivity contribution < 1.29 is 9.21 Å². The number of hydrogen-bond acceptors (Lipinski definition) is 5. The maximum atomic E-state index is 12.3. The topological polar surface area (TPSA) is 58.4 Å². The Labute approximate surface area is 139 Å². The summed E-state index contributed by atoms with van der Waals surface area (Å²) in [4.78, 5) is 18.5. The molecular formula is C13H17Cl2N3O2S. The molecule has 1 amide bonds. The largest absolute Gasteiger partial charge is 0.472 e. The van der Waals surface area contributed by atoms with Gasteiger partial charge in [0.05, 0.1) is 6.26 Å². The van der Waals surface area contributed by atoms with E-state index in [1.807, 2.05) is 18.5 Å². The van der Waals surface area contributed by atoms with Gasteiger partial charge in [0.2, 0.25) is 0 Å². The van der Waals surface area contributed by atoms with Crippen LogP contribution in [-0.4, -0.2) is 42.0 Å². The number of nitrogens with zero attached hydrogens (tertiary/aromatic N) is 2. The average molecular weight is 350 g/mol. The summed E-state index contributed by atoms with van der Waals surface area (Å²) in [6.45, 7) is 1.83. The highest BCUT2D eigenvalue weighted by molar-refractivity contribution is 7.13. The van der Waals surface area contributed by atoms with Crippen molar-refractivity contribution in [3.05, 3.63) is 29.7 Å². The summed E-state index contributed by atoms with van der Waals surface area (Å²) in [5.74, 6) is -0.0142. The Bertz CT molecular complexity index is 568. The van der Waals surface area contributed by atoms with Gasteiger partial charge in [-0.25, -0.2) is 4.98 Å². The third-order valence-electron chi connectivity index (χ3n) is 3.39. The molecule has 2 aromatic heterocycles. The highest BCUT2D eigenvalue weighted by Crippen LogP contribution is 2.24. The Morgan fingerprint density at radius 1 is 1.52 bits per heavy atom. The Morgan fingerprint density at radius 2 is 2.33 bits per heavy atom. The van der Waals surface area contributed by atoms with Gasteiger partial charge in [0.25, 0.3) is 5.91 Å². The lowest BCUT2D eigenvalue weighted by atomic mass is 10.2. The summed E-state index contributed by atoms with van der Waals surface area (Å²) in [6.07, 6.45) is 4.24. The molecule has 0 aromatic carbocycles. The Balaban J connectivity index is 0.00000110. The molecule has 8 heteroatoms. The quantitative estimate of drug-likeness (QED) is 0.925. The molecule has 116 valence electrons. The average Bonchev–Trinajstić information content (AvgIpc) is 3.16. The molecule has 1 fully saturated rings. The van der Waals surface area contributed by atoms with E-state index < -0.39 is 0 Å². The summed E-state index contributed by atoms with van der Waals surface area (Å²) in [5, 5.41) is 5.89. The lowest BCUT2D eigenvalue weighted by Crippen LogP contribution is -2.38. The van der Waals surface area contributed by atoms with Gasteiger partial charge in [-0.15, -0.1) is 36.2 Å². The minimum absolute atomic E-state index is 0. The Hall–Kier alpha value is -1.08. The molecule has 1 aliphatic rings. The number of carbonyl (C=O) groups is 1. The zero-order valence-corrected chi connectivity index (χ0v) is 13.9. The van der Waals surface area contributed by atoms with Gasteiger partial charge in [-0.1, -0.05) is 0 Å². The number of hydrogen-bond donors (Lipinski definition) is 1. The number of carbonyl (C=O) groups excluding carboxylic acids is 1. The summed E-state index contributed by atoms with van der Waals surface area (Å²) in [7, 11) is 1.84. The molecule has 2 aromatic rings. The first-order valence-electron chi connectivity index (χ1n) is 6.21. The molecule has 1 atom stereocenters. The van der Waals surface area contributed by atoms with E-state index in [4.69, 9.17) is 4.42 Å². The van der Waals surface area contributed by atoms with Gasteiger partial charge >= 0.3 is 0 Å². The molecule has 0 radical (unpaired) electrons. The predicted molar refractivity (Wildman–Crippen MR) is 87.7 cm³/mol. The number of amides is 1. The minimum Gasteiger partial charge on any atom is -0.472 e. The molecule has 3 heterocycles. The van der Waals surface area contributed by atoms with Gasteiger partial charge in [0.1, 0.15) is 17.0 Å². The number of rotatable bonds is 3. The Morgan fingerprint density at radius 3 is 2.95 bits per heavy atom. The van der Waals surface area contributed by atoms with Crippen LogP contribution in [0.3, 0.4) is 0 Å². The fourth-order valence-corrected chi connectivity index (χ4v) is 2.99. The van der Waals surface area contributed by atoms with Crippen molar-refractivity contribution in [2.75, 3.05) is 20.1 Å². The van der Waals surface area contributed by atoms with Crippen LogP contribution in [0.25, 0.3) is 10.6 Å². The second-order valence-corrected chi connectivity index (χ2v) is 5.47. The van der Waals surface area contributed by atoms with E-state index in [0.717, 1.165) is 30.1 Å². The highest BCUT2D eigenvalue weighted by atomic mass is 35.5. The normalized spacial score (nSPS) is 16.9. The first kappa shape index (κ1) is 18.0. The smallest absolute Gasteiger partial charge is 0.273 e. The van der Waals surface area contributed by atoms with Crippen molar-refractivity contribution in [2.45, 2.75) is 12.5 Å². The molecule has 0 spiro atoms. The van der Waals surface area contributed by atoms with Gasteiger partial charge in [0, 0.05) is 30.6 Å². The van der Waals surface area contributed by atoms with E-state index in [0.29, 0.717) is 5.69 Å². The molecule has 5 nitrogen and oxygen atoms in total. The van der Waals surface area contributed by atoms with Crippen molar-refractivity contribution in [3.8, 4) is 10.6 Å². The van der Waals surface area contributed by atoms with Crippen LogP contribution >= 0.6 is 36.2 Å². The van der Waals surface area contributed by atoms with Crippen LogP contribution in [0.2, 0.25) is 0 Å². The van der Waals surface area contributed by atoms with Gasteiger partial charge < -0.3 is 14.6 Å². The molecule has 0 saturated carbocycles. The lowest BCUT2D eigenvalue weighted by Gasteiger charge is -2.22. The van der Waals surface area contributed by atoms with Crippen LogP contribution in [0.4, 0.5) is 0 Å². The van der Waals surface area contributed by atoms with Crippen molar-refractivity contribution in [1.82, 2.24) is 15.2 Å². The Kier molecular flexibility index (Phi) is 6.67. The van der Waals surface area contributed by atoms with Crippen LogP contribution in [0.15, 0.2) is 28.4 Å². The zero-order chi connectivity index (χ0) is 13.2. The molecule has 1 saturated heterocycles. The van der Waals surface area contributed by atoms with Crippen LogP contribution in [0, 0.1) is 0 Å². The first-order valence-corrected chi connectivity index (χ1v) is 7.09. The molecule has 0 bridgehead atoms. The molecular weight excluding hydrogens is 333 g/mol. The van der Waals surface area contributed by atoms with Crippen molar-refractivity contribution in [3.63, 3.8) is 0 Å². The molecule has 21 heavy (non-hydrogen) atoms. The minimum atomic E-state index is -0.0142. The number of furan rings is 1. The van der Waals surface area contributed by atoms with Gasteiger partial charge in [0.15, 0.2) is 0 Å². The van der Waals surface area contributed by atoms with Crippen LogP contribution in [-0.2, 0) is 0 Å². The zero-order valence-electron chi connectivity index (χ0n) is 11.4. The van der Waals surface area contributed by atoms with Crippen LogP contribution in [0.1, 0.15) is 16.9 Å². The van der Waals surface area contributed by atoms with E-state index in [2.05, 4.69) is 10.3 Å². The number of halogens is 2. The van der Waals surface area contributed by atoms with Crippen molar-refractivity contribution in [1.29, 1.82) is 0 Å². The summed E-state index contributed by atoms with van der Waals surface area (Å²) in [6, 6.07) is 2.11. The van der Waals surface area contributed by atoms with Crippen LogP contribution < -0.4 is 5.32 Å². The predicted octanol–water partition coefficient (Wildman–Crippen LogP) is 2.68. The fourth-order valence-electron chi connectivity index (χ4n) is 2.21. The van der Waals surface area contributed by atoms with E-state index in [9.17, 15) is 4.79 Å². The van der Waals surface area contributed by atoms with Crippen LogP contribution in [0.5, 0.6) is 0 Å². The maximum absolute atomic E-state index is 12.3. The van der Waals surface area contributed by atoms with E-state index in [1.165, 1.54) is 11.3 Å². The number of nitrogens with one attached hydrogen (secondary N) is 1. The van der Waals surface area contributed by atoms with Gasteiger partial charge in [-0.2, -0.15) is 0 Å². The summed E-state index contributed by atoms with van der Waals surface area (Å²) in [5.41, 5.74) is 1.42. The molecule has 1 unspecified atom stereocenters. The third-order valence-corrected chi connectivity index (χ3v) is 4.29. The maximum Gasteiger partial charge on any atom is 0.273 e. The summed E-state index contributed by atoms with van der Waals surface area (Å²) >= 11 is 1.46. The van der Waals surface area contributed by atoms with E-state index >= 15 is 0 Å². The SMILES string of the molecule is CN(C(=O)c1csc(-c2ccoc2)n1)C1CCNC1.Cl.Cl. The van der Waals surface area contributed by atoms with E-state index in [-0.39, 0.29) is 36.8 Å². The second kappa shape index (κ2) is 7.79. The first-order chi connectivity index (χ1) is 9.25. The third kappa shape index (κ3) is 3.77. The molecule has 0 aliphatic carbocycles. The number of likely N-dealkylation sites (N-methyl/N-ethyl adjacent to an activating group) is 1. The highest BCUT2D eigenvalue weighted by Gasteiger charge is 2.25. The number of thiazole rings is 1. The standard InChI is InChI=1S/C13H15N3O2S.2ClH/c1-16(10-2-4-14-6-10)13(17)11-8-19-12(15-11)9-3-5-18-7-9;;/h3,5,7-8,10,14H,2,4,6H2,1H3;2*1H. The fraction of sp³-hybridized carbons (Fsp3) is 0.385. The number of aromatic nitrogens is 1. The van der Waals surface area contributed by atoms with Gasteiger partial charge in [-0.3, -0.25) is 4.79 Å².